The van der Waals surface area contributed by atoms with Crippen LogP contribution in [0.25, 0.3) is 0 Å². The van der Waals surface area contributed by atoms with Gasteiger partial charge in [-0.2, -0.15) is 15.0 Å². The van der Waals surface area contributed by atoms with Crippen LogP contribution in [0.3, 0.4) is 0 Å². The molecule has 0 bridgehead atoms. The van der Waals surface area contributed by atoms with E-state index in [1.54, 1.807) is 18.2 Å². The first-order chi connectivity index (χ1) is 12.1. The zero-order valence-electron chi connectivity index (χ0n) is 14.1. The number of anilines is 4. The molecule has 0 aliphatic rings. The van der Waals surface area contributed by atoms with Crippen LogP contribution in [0.2, 0.25) is 0 Å². The molecule has 0 amide bonds. The largest absolute Gasteiger partial charge is 0.508 e. The fourth-order valence-electron chi connectivity index (χ4n) is 2.19. The molecule has 0 aliphatic heterocycles. The number of phenolic OH excluding ortho intramolecular Hbond substituents is 1. The molecule has 3 aromatic rings. The van der Waals surface area contributed by atoms with Crippen LogP contribution in [0.5, 0.6) is 5.75 Å². The van der Waals surface area contributed by atoms with Gasteiger partial charge in [-0.1, -0.05) is 36.4 Å². The molecule has 2 aromatic carbocycles. The lowest BCUT2D eigenvalue weighted by Gasteiger charge is -2.14. The number of hydrogen-bond acceptors (Lipinski definition) is 7. The van der Waals surface area contributed by atoms with Crippen molar-refractivity contribution < 1.29 is 5.11 Å². The van der Waals surface area contributed by atoms with Crippen LogP contribution < -0.4 is 15.5 Å². The summed E-state index contributed by atoms with van der Waals surface area (Å²) in [5.74, 6) is 1.59. The summed E-state index contributed by atoms with van der Waals surface area (Å²) >= 11 is 0. The zero-order valence-corrected chi connectivity index (χ0v) is 14.1. The van der Waals surface area contributed by atoms with Crippen molar-refractivity contribution in [3.05, 3.63) is 60.2 Å². The highest BCUT2D eigenvalue weighted by Gasteiger charge is 2.09. The van der Waals surface area contributed by atoms with Gasteiger partial charge in [0.05, 0.1) is 0 Å². The third kappa shape index (κ3) is 4.57. The highest BCUT2D eigenvalue weighted by atomic mass is 16.3. The SMILES string of the molecule is CN(C)c1nc(NCc2ccccc2)nc(Nc2cccc(O)c2)n1. The Bertz CT molecular complexity index is 838. The van der Waals surface area contributed by atoms with Crippen molar-refractivity contribution in [1.29, 1.82) is 0 Å². The Labute approximate surface area is 146 Å². The molecule has 25 heavy (non-hydrogen) atoms. The molecule has 0 saturated heterocycles. The molecule has 1 aromatic heterocycles. The Morgan fingerprint density at radius 1 is 0.920 bits per heavy atom. The summed E-state index contributed by atoms with van der Waals surface area (Å²) in [5.41, 5.74) is 1.83. The molecule has 3 N–H and O–H groups in total. The maximum atomic E-state index is 9.59. The van der Waals surface area contributed by atoms with E-state index in [4.69, 9.17) is 0 Å². The summed E-state index contributed by atoms with van der Waals surface area (Å²) in [6.07, 6.45) is 0. The summed E-state index contributed by atoms with van der Waals surface area (Å²) < 4.78 is 0. The standard InChI is InChI=1S/C18H20N6O/c1-24(2)18-22-16(19-12-13-7-4-3-5-8-13)21-17(23-18)20-14-9-6-10-15(25)11-14/h3-11,25H,12H2,1-2H3,(H2,19,20,21,22,23). The first kappa shape index (κ1) is 16.5. The molecule has 128 valence electrons. The van der Waals surface area contributed by atoms with Gasteiger partial charge in [0, 0.05) is 32.4 Å². The van der Waals surface area contributed by atoms with E-state index in [1.807, 2.05) is 55.4 Å². The normalized spacial score (nSPS) is 10.3. The summed E-state index contributed by atoms with van der Waals surface area (Å²) in [6.45, 7) is 0.614. The van der Waals surface area contributed by atoms with Gasteiger partial charge in [-0.3, -0.25) is 0 Å². The van der Waals surface area contributed by atoms with Gasteiger partial charge in [0.15, 0.2) is 0 Å². The lowest BCUT2D eigenvalue weighted by atomic mass is 10.2. The van der Waals surface area contributed by atoms with Gasteiger partial charge < -0.3 is 20.6 Å². The minimum atomic E-state index is 0.175. The third-order valence-corrected chi connectivity index (χ3v) is 3.42. The number of aromatic nitrogens is 3. The Morgan fingerprint density at radius 3 is 2.40 bits per heavy atom. The fourth-order valence-corrected chi connectivity index (χ4v) is 2.19. The highest BCUT2D eigenvalue weighted by Crippen LogP contribution is 2.20. The number of nitrogens with zero attached hydrogens (tertiary/aromatic N) is 4. The Kier molecular flexibility index (Phi) is 4.94. The van der Waals surface area contributed by atoms with E-state index < -0.39 is 0 Å². The quantitative estimate of drug-likeness (QED) is 0.638. The van der Waals surface area contributed by atoms with E-state index in [-0.39, 0.29) is 5.75 Å². The molecule has 1 heterocycles. The Balaban J connectivity index is 1.81. The lowest BCUT2D eigenvalue weighted by molar-refractivity contribution is 0.475. The molecule has 0 fully saturated rings. The molecular formula is C18H20N6O. The second kappa shape index (κ2) is 7.48. The van der Waals surface area contributed by atoms with E-state index in [0.29, 0.717) is 30.1 Å². The van der Waals surface area contributed by atoms with Crippen LogP contribution in [0, 0.1) is 0 Å². The first-order valence-corrected chi connectivity index (χ1v) is 7.87. The fraction of sp³-hybridized carbons (Fsp3) is 0.167. The lowest BCUT2D eigenvalue weighted by Crippen LogP contribution is -2.16. The van der Waals surface area contributed by atoms with Crippen molar-refractivity contribution in [2.24, 2.45) is 0 Å². The number of phenols is 1. The maximum absolute atomic E-state index is 9.59. The minimum absolute atomic E-state index is 0.175. The number of benzene rings is 2. The molecular weight excluding hydrogens is 316 g/mol. The number of hydrogen-bond donors (Lipinski definition) is 3. The second-order valence-corrected chi connectivity index (χ2v) is 5.69. The van der Waals surface area contributed by atoms with Crippen LogP contribution in [0.15, 0.2) is 54.6 Å². The number of nitrogens with one attached hydrogen (secondary N) is 2. The molecule has 7 nitrogen and oxygen atoms in total. The molecule has 7 heteroatoms. The average Bonchev–Trinajstić information content (AvgIpc) is 2.61. The third-order valence-electron chi connectivity index (χ3n) is 3.42. The van der Waals surface area contributed by atoms with Gasteiger partial charge >= 0.3 is 0 Å². The molecule has 0 atom stereocenters. The van der Waals surface area contributed by atoms with Crippen molar-refractivity contribution in [2.45, 2.75) is 6.54 Å². The van der Waals surface area contributed by atoms with Crippen LogP contribution in [0.1, 0.15) is 5.56 Å². The minimum Gasteiger partial charge on any atom is -0.508 e. The van der Waals surface area contributed by atoms with E-state index in [9.17, 15) is 5.11 Å². The van der Waals surface area contributed by atoms with Crippen LogP contribution >= 0.6 is 0 Å². The van der Waals surface area contributed by atoms with Gasteiger partial charge in [-0.25, -0.2) is 0 Å². The highest BCUT2D eigenvalue weighted by molar-refractivity contribution is 5.57. The topological polar surface area (TPSA) is 86.2 Å². The molecule has 0 spiro atoms. The summed E-state index contributed by atoms with van der Waals surface area (Å²) in [5, 5.41) is 15.9. The van der Waals surface area contributed by atoms with Crippen LogP contribution in [0.4, 0.5) is 23.5 Å². The smallest absolute Gasteiger partial charge is 0.233 e. The first-order valence-electron chi connectivity index (χ1n) is 7.87. The predicted molar refractivity (Wildman–Crippen MR) is 99.3 cm³/mol. The van der Waals surface area contributed by atoms with E-state index in [1.165, 1.54) is 0 Å². The predicted octanol–water partition coefficient (Wildman–Crippen LogP) is 3.00. The van der Waals surface area contributed by atoms with E-state index in [0.717, 1.165) is 5.56 Å². The molecule has 0 unspecified atom stereocenters. The second-order valence-electron chi connectivity index (χ2n) is 5.69. The number of rotatable bonds is 6. The van der Waals surface area contributed by atoms with E-state index in [2.05, 4.69) is 25.6 Å². The van der Waals surface area contributed by atoms with E-state index >= 15 is 0 Å². The van der Waals surface area contributed by atoms with Crippen molar-refractivity contribution in [3.63, 3.8) is 0 Å². The molecule has 0 aliphatic carbocycles. The molecule has 0 radical (unpaired) electrons. The summed E-state index contributed by atoms with van der Waals surface area (Å²) in [6, 6.07) is 16.8. The average molecular weight is 336 g/mol. The van der Waals surface area contributed by atoms with Crippen molar-refractivity contribution in [2.75, 3.05) is 29.6 Å². The number of aromatic hydroxyl groups is 1. The van der Waals surface area contributed by atoms with Gasteiger partial charge in [0.25, 0.3) is 0 Å². The van der Waals surface area contributed by atoms with Crippen molar-refractivity contribution in [3.8, 4) is 5.75 Å². The molecule has 0 saturated carbocycles. The Morgan fingerprint density at radius 2 is 1.68 bits per heavy atom. The zero-order chi connectivity index (χ0) is 17.6. The van der Waals surface area contributed by atoms with Crippen molar-refractivity contribution >= 4 is 23.5 Å². The van der Waals surface area contributed by atoms with Gasteiger partial charge in [0.1, 0.15) is 5.75 Å². The van der Waals surface area contributed by atoms with Gasteiger partial charge in [-0.15, -0.1) is 0 Å². The van der Waals surface area contributed by atoms with Gasteiger partial charge in [0.2, 0.25) is 17.8 Å². The van der Waals surface area contributed by atoms with Crippen LogP contribution in [-0.4, -0.2) is 34.2 Å². The monoisotopic (exact) mass is 336 g/mol. The maximum Gasteiger partial charge on any atom is 0.233 e. The van der Waals surface area contributed by atoms with Crippen molar-refractivity contribution in [1.82, 2.24) is 15.0 Å². The van der Waals surface area contributed by atoms with Gasteiger partial charge in [-0.05, 0) is 17.7 Å². The summed E-state index contributed by atoms with van der Waals surface area (Å²) in [7, 11) is 3.74. The van der Waals surface area contributed by atoms with Crippen LogP contribution in [-0.2, 0) is 6.54 Å². The molecule has 3 rings (SSSR count). The Hall–Kier alpha value is -3.35. The summed E-state index contributed by atoms with van der Waals surface area (Å²) in [4.78, 5) is 15.0.